The SMILES string of the molecule is CCn1ccc(C(=O)N2CCCC(Nc3ncnc4c3CCC4)C2)n1. The summed E-state index contributed by atoms with van der Waals surface area (Å²) in [5.74, 6) is 0.976. The Hall–Kier alpha value is -2.44. The number of aryl methyl sites for hydroxylation is 2. The Bertz CT molecular complexity index is 771. The van der Waals surface area contributed by atoms with Gasteiger partial charge >= 0.3 is 0 Å². The van der Waals surface area contributed by atoms with Crippen molar-refractivity contribution in [1.29, 1.82) is 0 Å². The van der Waals surface area contributed by atoms with Gasteiger partial charge < -0.3 is 10.2 Å². The van der Waals surface area contributed by atoms with E-state index < -0.39 is 0 Å². The molecule has 2 aromatic rings. The van der Waals surface area contributed by atoms with Gasteiger partial charge in [0, 0.05) is 43.1 Å². The summed E-state index contributed by atoms with van der Waals surface area (Å²) in [4.78, 5) is 23.4. The molecule has 3 heterocycles. The van der Waals surface area contributed by atoms with E-state index in [4.69, 9.17) is 0 Å². The van der Waals surface area contributed by atoms with Crippen molar-refractivity contribution >= 4 is 11.7 Å². The lowest BCUT2D eigenvalue weighted by Crippen LogP contribution is -2.45. The maximum absolute atomic E-state index is 12.7. The molecule has 1 N–H and O–H groups in total. The second-order valence-corrected chi connectivity index (χ2v) is 6.79. The molecule has 2 aromatic heterocycles. The summed E-state index contributed by atoms with van der Waals surface area (Å²) in [6, 6.07) is 2.03. The number of hydrogen-bond acceptors (Lipinski definition) is 5. The number of likely N-dealkylation sites (tertiary alicyclic amines) is 1. The second kappa shape index (κ2) is 6.82. The van der Waals surface area contributed by atoms with Gasteiger partial charge in [-0.1, -0.05) is 0 Å². The number of aromatic nitrogens is 4. The predicted molar refractivity (Wildman–Crippen MR) is 94.5 cm³/mol. The number of fused-ring (bicyclic) bond motifs is 1. The Balaban J connectivity index is 1.44. The van der Waals surface area contributed by atoms with E-state index in [0.29, 0.717) is 12.2 Å². The molecule has 0 aromatic carbocycles. The Morgan fingerprint density at radius 1 is 1.32 bits per heavy atom. The highest BCUT2D eigenvalue weighted by Gasteiger charge is 2.27. The molecule has 4 rings (SSSR count). The zero-order valence-corrected chi connectivity index (χ0v) is 14.6. The van der Waals surface area contributed by atoms with Gasteiger partial charge in [-0.25, -0.2) is 9.97 Å². The lowest BCUT2D eigenvalue weighted by molar-refractivity contribution is 0.0708. The monoisotopic (exact) mass is 340 g/mol. The summed E-state index contributed by atoms with van der Waals surface area (Å²) in [5.41, 5.74) is 2.96. The van der Waals surface area contributed by atoms with E-state index in [9.17, 15) is 4.79 Å². The third-order valence-corrected chi connectivity index (χ3v) is 5.11. The third kappa shape index (κ3) is 3.23. The van der Waals surface area contributed by atoms with Crippen LogP contribution in [0.15, 0.2) is 18.6 Å². The molecule has 1 amide bonds. The Kier molecular flexibility index (Phi) is 4.38. The summed E-state index contributed by atoms with van der Waals surface area (Å²) in [6.07, 6.45) is 8.78. The molecule has 1 fully saturated rings. The van der Waals surface area contributed by atoms with E-state index in [1.54, 1.807) is 17.1 Å². The lowest BCUT2D eigenvalue weighted by Gasteiger charge is -2.33. The fraction of sp³-hybridized carbons (Fsp3) is 0.556. The smallest absolute Gasteiger partial charge is 0.274 e. The fourth-order valence-corrected chi connectivity index (χ4v) is 3.77. The molecule has 1 saturated heterocycles. The Labute approximate surface area is 147 Å². The van der Waals surface area contributed by atoms with E-state index in [1.165, 1.54) is 11.3 Å². The molecule has 2 aliphatic rings. The van der Waals surface area contributed by atoms with E-state index >= 15 is 0 Å². The quantitative estimate of drug-likeness (QED) is 0.920. The molecule has 7 heteroatoms. The molecule has 0 saturated carbocycles. The van der Waals surface area contributed by atoms with Crippen LogP contribution < -0.4 is 5.32 Å². The average Bonchev–Trinajstić information content (AvgIpc) is 3.31. The first-order valence-electron chi connectivity index (χ1n) is 9.16. The first-order chi connectivity index (χ1) is 12.2. The zero-order valence-electron chi connectivity index (χ0n) is 14.6. The molecular formula is C18H24N6O. The van der Waals surface area contributed by atoms with Crippen molar-refractivity contribution in [1.82, 2.24) is 24.6 Å². The Morgan fingerprint density at radius 3 is 3.08 bits per heavy atom. The molecule has 1 aliphatic carbocycles. The number of nitrogens with zero attached hydrogens (tertiary/aromatic N) is 5. The molecular weight excluding hydrogens is 316 g/mol. The van der Waals surface area contributed by atoms with E-state index in [0.717, 1.165) is 51.0 Å². The van der Waals surface area contributed by atoms with Crippen molar-refractivity contribution < 1.29 is 4.79 Å². The summed E-state index contributed by atoms with van der Waals surface area (Å²) in [7, 11) is 0. The van der Waals surface area contributed by atoms with Gasteiger partial charge in [-0.3, -0.25) is 9.48 Å². The van der Waals surface area contributed by atoms with Crippen LogP contribution in [0.1, 0.15) is 47.9 Å². The molecule has 1 atom stereocenters. The molecule has 0 spiro atoms. The summed E-state index contributed by atoms with van der Waals surface area (Å²) in [5, 5.41) is 7.91. The summed E-state index contributed by atoms with van der Waals surface area (Å²) < 4.78 is 1.79. The normalized spacial score (nSPS) is 19.7. The minimum atomic E-state index is 0.0200. The first kappa shape index (κ1) is 16.1. The van der Waals surface area contributed by atoms with Gasteiger partial charge in [0.1, 0.15) is 17.8 Å². The van der Waals surface area contributed by atoms with Crippen LogP contribution in [0.5, 0.6) is 0 Å². The van der Waals surface area contributed by atoms with E-state index in [2.05, 4.69) is 20.4 Å². The maximum Gasteiger partial charge on any atom is 0.274 e. The standard InChI is InChI=1S/C18H24N6O/c1-2-24-10-8-16(22-24)18(25)23-9-4-5-13(11-23)21-17-14-6-3-7-15(14)19-12-20-17/h8,10,12-13H,2-7,9,11H2,1H3,(H,19,20,21). The van der Waals surface area contributed by atoms with Crippen molar-refractivity contribution in [2.75, 3.05) is 18.4 Å². The second-order valence-electron chi connectivity index (χ2n) is 6.79. The number of amides is 1. The van der Waals surface area contributed by atoms with Gasteiger partial charge in [-0.05, 0) is 45.1 Å². The fourth-order valence-electron chi connectivity index (χ4n) is 3.77. The number of carbonyl (C=O) groups excluding carboxylic acids is 1. The van der Waals surface area contributed by atoms with Gasteiger partial charge in [-0.15, -0.1) is 0 Å². The molecule has 132 valence electrons. The van der Waals surface area contributed by atoms with Gasteiger partial charge in [-0.2, -0.15) is 5.10 Å². The number of nitrogens with one attached hydrogen (secondary N) is 1. The number of rotatable bonds is 4. The molecule has 25 heavy (non-hydrogen) atoms. The topological polar surface area (TPSA) is 75.9 Å². The van der Waals surface area contributed by atoms with Crippen molar-refractivity contribution in [2.24, 2.45) is 0 Å². The number of anilines is 1. The molecule has 7 nitrogen and oxygen atoms in total. The van der Waals surface area contributed by atoms with Crippen LogP contribution in [0.2, 0.25) is 0 Å². The minimum Gasteiger partial charge on any atom is -0.365 e. The highest BCUT2D eigenvalue weighted by Crippen LogP contribution is 2.26. The molecule has 1 aliphatic heterocycles. The van der Waals surface area contributed by atoms with Crippen LogP contribution in [-0.4, -0.2) is 49.7 Å². The van der Waals surface area contributed by atoms with Gasteiger partial charge in [0.15, 0.2) is 0 Å². The van der Waals surface area contributed by atoms with Crippen LogP contribution in [0, 0.1) is 0 Å². The first-order valence-corrected chi connectivity index (χ1v) is 9.16. The van der Waals surface area contributed by atoms with Crippen LogP contribution >= 0.6 is 0 Å². The zero-order chi connectivity index (χ0) is 17.2. The number of hydrogen-bond donors (Lipinski definition) is 1. The minimum absolute atomic E-state index is 0.0200. The van der Waals surface area contributed by atoms with Gasteiger partial charge in [0.05, 0.1) is 0 Å². The highest BCUT2D eigenvalue weighted by atomic mass is 16.2. The van der Waals surface area contributed by atoms with Crippen molar-refractivity contribution in [3.63, 3.8) is 0 Å². The van der Waals surface area contributed by atoms with E-state index in [1.807, 2.05) is 18.0 Å². The number of piperidine rings is 1. The van der Waals surface area contributed by atoms with Crippen molar-refractivity contribution in [3.8, 4) is 0 Å². The van der Waals surface area contributed by atoms with Gasteiger partial charge in [0.2, 0.25) is 0 Å². The van der Waals surface area contributed by atoms with Crippen LogP contribution in [0.3, 0.4) is 0 Å². The summed E-state index contributed by atoms with van der Waals surface area (Å²) >= 11 is 0. The summed E-state index contributed by atoms with van der Waals surface area (Å²) in [6.45, 7) is 4.27. The predicted octanol–water partition coefficient (Wildman–Crippen LogP) is 1.90. The van der Waals surface area contributed by atoms with Crippen molar-refractivity contribution in [3.05, 3.63) is 35.5 Å². The molecule has 0 radical (unpaired) electrons. The van der Waals surface area contributed by atoms with Crippen LogP contribution in [-0.2, 0) is 19.4 Å². The average molecular weight is 340 g/mol. The molecule has 0 bridgehead atoms. The third-order valence-electron chi connectivity index (χ3n) is 5.11. The van der Waals surface area contributed by atoms with Crippen LogP contribution in [0.4, 0.5) is 5.82 Å². The lowest BCUT2D eigenvalue weighted by atomic mass is 10.0. The maximum atomic E-state index is 12.7. The molecule has 1 unspecified atom stereocenters. The van der Waals surface area contributed by atoms with E-state index in [-0.39, 0.29) is 11.9 Å². The van der Waals surface area contributed by atoms with Gasteiger partial charge in [0.25, 0.3) is 5.91 Å². The Morgan fingerprint density at radius 2 is 2.24 bits per heavy atom. The van der Waals surface area contributed by atoms with Crippen LogP contribution in [0.25, 0.3) is 0 Å². The van der Waals surface area contributed by atoms with Crippen molar-refractivity contribution in [2.45, 2.75) is 51.6 Å². The number of carbonyl (C=O) groups is 1. The highest BCUT2D eigenvalue weighted by molar-refractivity contribution is 5.92. The largest absolute Gasteiger partial charge is 0.365 e.